The molecule has 122 valence electrons. The van der Waals surface area contributed by atoms with E-state index >= 15 is 0 Å². The molecular weight excluding hydrogens is 292 g/mol. The lowest BCUT2D eigenvalue weighted by atomic mass is 10.0. The number of amides is 1. The molecule has 4 N–H and O–H groups in total. The first-order valence-electron chi connectivity index (χ1n) is 8.45. The number of aromatic hydroxyl groups is 1. The van der Waals surface area contributed by atoms with Gasteiger partial charge in [-0.25, -0.2) is 4.98 Å². The van der Waals surface area contributed by atoms with E-state index < -0.39 is 0 Å². The maximum absolute atomic E-state index is 12.5. The molecule has 6 heteroatoms. The summed E-state index contributed by atoms with van der Waals surface area (Å²) < 4.78 is 0. The summed E-state index contributed by atoms with van der Waals surface area (Å²) >= 11 is 0. The lowest BCUT2D eigenvalue weighted by molar-refractivity contribution is 0.0949. The summed E-state index contributed by atoms with van der Waals surface area (Å²) in [5, 5.41) is 16.4. The molecule has 2 fully saturated rings. The van der Waals surface area contributed by atoms with Crippen molar-refractivity contribution in [3.63, 3.8) is 0 Å². The van der Waals surface area contributed by atoms with E-state index in [0.29, 0.717) is 35.1 Å². The second-order valence-electron chi connectivity index (χ2n) is 6.61. The number of nitrogens with one attached hydrogen (secondary N) is 3. The van der Waals surface area contributed by atoms with Crippen LogP contribution in [0.3, 0.4) is 0 Å². The van der Waals surface area contributed by atoms with Crippen molar-refractivity contribution in [2.45, 2.75) is 44.1 Å². The van der Waals surface area contributed by atoms with Gasteiger partial charge in [0.2, 0.25) is 0 Å². The zero-order valence-corrected chi connectivity index (χ0v) is 13.1. The minimum Gasteiger partial charge on any atom is -0.506 e. The predicted molar refractivity (Wildman–Crippen MR) is 87.7 cm³/mol. The Hall–Kier alpha value is -2.08. The third-order valence-corrected chi connectivity index (χ3v) is 4.77. The van der Waals surface area contributed by atoms with E-state index in [-0.39, 0.29) is 11.7 Å². The molecule has 0 spiro atoms. The van der Waals surface area contributed by atoms with Gasteiger partial charge in [0.15, 0.2) is 0 Å². The highest BCUT2D eigenvalue weighted by molar-refractivity contribution is 6.06. The summed E-state index contributed by atoms with van der Waals surface area (Å²) in [6.07, 6.45) is 5.76. The third-order valence-electron chi connectivity index (χ3n) is 4.77. The summed E-state index contributed by atoms with van der Waals surface area (Å²) in [7, 11) is 0. The number of carbonyl (C=O) groups excluding carboxylic acids is 1. The lowest BCUT2D eigenvalue weighted by Gasteiger charge is -2.23. The number of carbonyl (C=O) groups is 1. The number of benzene rings is 1. The molecule has 2 aromatic rings. The number of rotatable bonds is 4. The fraction of sp³-hybridized carbons (Fsp3) is 0.529. The molecule has 1 saturated carbocycles. The van der Waals surface area contributed by atoms with Crippen LogP contribution in [0, 0.1) is 0 Å². The van der Waals surface area contributed by atoms with E-state index in [1.165, 1.54) is 12.8 Å². The monoisotopic (exact) mass is 314 g/mol. The highest BCUT2D eigenvalue weighted by Crippen LogP contribution is 2.40. The van der Waals surface area contributed by atoms with Gasteiger partial charge in [0.05, 0.1) is 11.1 Å². The minimum atomic E-state index is -0.117. The molecule has 0 radical (unpaired) electrons. The van der Waals surface area contributed by atoms with Gasteiger partial charge in [-0.2, -0.15) is 0 Å². The van der Waals surface area contributed by atoms with Gasteiger partial charge in [0.1, 0.15) is 17.1 Å². The topological polar surface area (TPSA) is 90.0 Å². The van der Waals surface area contributed by atoms with Gasteiger partial charge >= 0.3 is 0 Å². The summed E-state index contributed by atoms with van der Waals surface area (Å²) in [6.45, 7) is 1.65. The van der Waals surface area contributed by atoms with E-state index in [9.17, 15) is 9.90 Å². The Morgan fingerprint density at radius 3 is 2.91 bits per heavy atom. The van der Waals surface area contributed by atoms with Crippen LogP contribution >= 0.6 is 0 Å². The second-order valence-corrected chi connectivity index (χ2v) is 6.61. The third kappa shape index (κ3) is 2.91. The molecule has 23 heavy (non-hydrogen) atoms. The number of H-pyrrole nitrogens is 1. The second kappa shape index (κ2) is 5.85. The molecule has 1 saturated heterocycles. The fourth-order valence-electron chi connectivity index (χ4n) is 3.25. The molecule has 1 aromatic heterocycles. The number of imidazole rings is 1. The van der Waals surface area contributed by atoms with E-state index in [0.717, 1.165) is 31.6 Å². The number of phenolic OH excluding ortho intramolecular Hbond substituents is 1. The predicted octanol–water partition coefficient (Wildman–Crippen LogP) is 2.02. The molecule has 2 heterocycles. The number of fused-ring (bicyclic) bond motifs is 1. The van der Waals surface area contributed by atoms with E-state index in [2.05, 4.69) is 20.6 Å². The highest BCUT2D eigenvalue weighted by Gasteiger charge is 2.28. The number of aromatic amines is 1. The van der Waals surface area contributed by atoms with Crippen molar-refractivity contribution in [1.82, 2.24) is 20.6 Å². The van der Waals surface area contributed by atoms with Crippen LogP contribution in [-0.2, 0) is 0 Å². The quantitative estimate of drug-likeness (QED) is 0.695. The van der Waals surface area contributed by atoms with Gasteiger partial charge in [0.25, 0.3) is 5.91 Å². The van der Waals surface area contributed by atoms with Crippen molar-refractivity contribution < 1.29 is 9.90 Å². The number of hydrogen-bond donors (Lipinski definition) is 4. The van der Waals surface area contributed by atoms with Crippen LogP contribution in [0.1, 0.15) is 54.2 Å². The molecule has 1 amide bonds. The number of nitrogens with zero attached hydrogens (tertiary/aromatic N) is 1. The summed E-state index contributed by atoms with van der Waals surface area (Å²) in [5.41, 5.74) is 1.68. The van der Waals surface area contributed by atoms with Gasteiger partial charge in [-0.15, -0.1) is 0 Å². The van der Waals surface area contributed by atoms with Gasteiger partial charge in [0, 0.05) is 18.5 Å². The Balaban J connectivity index is 1.55. The normalized spacial score (nSPS) is 21.5. The van der Waals surface area contributed by atoms with Crippen molar-refractivity contribution in [2.24, 2.45) is 0 Å². The van der Waals surface area contributed by atoms with Gasteiger partial charge in [-0.05, 0) is 44.4 Å². The Labute approximate surface area is 134 Å². The molecule has 2 aliphatic rings. The van der Waals surface area contributed by atoms with Crippen LogP contribution in [0.25, 0.3) is 11.0 Å². The maximum Gasteiger partial charge on any atom is 0.253 e. The lowest BCUT2D eigenvalue weighted by Crippen LogP contribution is -2.43. The Morgan fingerprint density at radius 2 is 2.17 bits per heavy atom. The van der Waals surface area contributed by atoms with Gasteiger partial charge < -0.3 is 20.7 Å². The maximum atomic E-state index is 12.5. The zero-order valence-electron chi connectivity index (χ0n) is 13.1. The van der Waals surface area contributed by atoms with Crippen molar-refractivity contribution in [2.75, 3.05) is 13.1 Å². The standard InChI is InChI=1S/C17H22N4O2/c22-13-7-6-12(14-15(13)21-16(20-14)10-4-5-10)17(23)19-9-11-3-1-2-8-18-11/h6-7,10-11,18,22H,1-5,8-9H2,(H,19,23)(H,20,21). The van der Waals surface area contributed by atoms with Crippen molar-refractivity contribution in [1.29, 1.82) is 0 Å². The molecule has 1 aliphatic carbocycles. The first kappa shape index (κ1) is 14.5. The largest absolute Gasteiger partial charge is 0.506 e. The van der Waals surface area contributed by atoms with Crippen LogP contribution in [0.5, 0.6) is 5.75 Å². The van der Waals surface area contributed by atoms with E-state index in [1.54, 1.807) is 12.1 Å². The first-order chi connectivity index (χ1) is 11.2. The molecule has 1 aromatic carbocycles. The molecule has 1 atom stereocenters. The molecular formula is C17H22N4O2. The Kier molecular flexibility index (Phi) is 3.69. The van der Waals surface area contributed by atoms with Crippen LogP contribution in [0.4, 0.5) is 0 Å². The average Bonchev–Trinajstić information content (AvgIpc) is 3.33. The van der Waals surface area contributed by atoms with Crippen LogP contribution in [0.2, 0.25) is 0 Å². The zero-order chi connectivity index (χ0) is 15.8. The summed E-state index contributed by atoms with van der Waals surface area (Å²) in [5.74, 6) is 1.33. The minimum absolute atomic E-state index is 0.117. The molecule has 6 nitrogen and oxygen atoms in total. The van der Waals surface area contributed by atoms with E-state index in [1.807, 2.05) is 0 Å². The summed E-state index contributed by atoms with van der Waals surface area (Å²) in [4.78, 5) is 20.2. The first-order valence-corrected chi connectivity index (χ1v) is 8.45. The van der Waals surface area contributed by atoms with Gasteiger partial charge in [-0.3, -0.25) is 4.79 Å². The van der Waals surface area contributed by atoms with Crippen LogP contribution in [-0.4, -0.2) is 40.1 Å². The Morgan fingerprint density at radius 1 is 1.30 bits per heavy atom. The highest BCUT2D eigenvalue weighted by atomic mass is 16.3. The van der Waals surface area contributed by atoms with Crippen molar-refractivity contribution >= 4 is 16.9 Å². The van der Waals surface area contributed by atoms with Crippen molar-refractivity contribution in [3.05, 3.63) is 23.5 Å². The molecule has 1 aliphatic heterocycles. The van der Waals surface area contributed by atoms with Gasteiger partial charge in [-0.1, -0.05) is 6.42 Å². The van der Waals surface area contributed by atoms with E-state index in [4.69, 9.17) is 0 Å². The SMILES string of the molecule is O=C(NCC1CCCCN1)c1ccc(O)c2nc(C3CC3)[nH]c12. The number of aromatic nitrogens is 2. The fourth-order valence-corrected chi connectivity index (χ4v) is 3.25. The van der Waals surface area contributed by atoms with Crippen LogP contribution < -0.4 is 10.6 Å². The molecule has 1 unspecified atom stereocenters. The molecule has 0 bridgehead atoms. The average molecular weight is 314 g/mol. The van der Waals surface area contributed by atoms with Crippen LogP contribution in [0.15, 0.2) is 12.1 Å². The smallest absolute Gasteiger partial charge is 0.253 e. The summed E-state index contributed by atoms with van der Waals surface area (Å²) in [6, 6.07) is 3.56. The molecule has 4 rings (SSSR count). The Bertz CT molecular complexity index is 730. The number of phenols is 1. The number of hydrogen-bond acceptors (Lipinski definition) is 4. The number of piperidine rings is 1. The van der Waals surface area contributed by atoms with Crippen molar-refractivity contribution in [3.8, 4) is 5.75 Å².